The minimum absolute atomic E-state index is 0.0406. The summed E-state index contributed by atoms with van der Waals surface area (Å²) >= 11 is 5.57. The van der Waals surface area contributed by atoms with Gasteiger partial charge in [-0.3, -0.25) is 9.59 Å². The molecule has 1 fully saturated rings. The van der Waals surface area contributed by atoms with Gasteiger partial charge in [-0.05, 0) is 25.0 Å². The molecule has 0 spiro atoms. The fourth-order valence-corrected chi connectivity index (χ4v) is 3.00. The summed E-state index contributed by atoms with van der Waals surface area (Å²) in [5, 5.41) is 2.95. The first kappa shape index (κ1) is 18.4. The molecule has 0 radical (unpaired) electrons. The maximum Gasteiger partial charge on any atom is 0.261 e. The van der Waals surface area contributed by atoms with Crippen molar-refractivity contribution in [2.24, 2.45) is 0 Å². The van der Waals surface area contributed by atoms with E-state index in [1.807, 2.05) is 0 Å². The van der Waals surface area contributed by atoms with Crippen molar-refractivity contribution < 1.29 is 19.1 Å². The van der Waals surface area contributed by atoms with Crippen LogP contribution in [0.3, 0.4) is 0 Å². The number of rotatable bonds is 6. The number of nitrogens with zero attached hydrogens (tertiary/aromatic N) is 1. The topological polar surface area (TPSA) is 67.9 Å². The molecule has 2 amide bonds. The molecule has 2 rings (SSSR count). The number of hydrogen-bond donors (Lipinski definition) is 1. The van der Waals surface area contributed by atoms with Gasteiger partial charge in [0.2, 0.25) is 5.91 Å². The average Bonchev–Trinajstić information content (AvgIpc) is 2.61. The molecule has 24 heavy (non-hydrogen) atoms. The maximum atomic E-state index is 12.9. The molecule has 0 aromatic heterocycles. The fraction of sp³-hybridized carbons (Fsp3) is 0.529. The van der Waals surface area contributed by atoms with Gasteiger partial charge in [-0.15, -0.1) is 11.6 Å². The Hall–Kier alpha value is -1.95. The number of carbonyl (C=O) groups excluding carboxylic acids is 2. The third-order valence-corrected chi connectivity index (χ3v) is 4.30. The van der Waals surface area contributed by atoms with Crippen LogP contribution in [0.15, 0.2) is 18.2 Å². The largest absolute Gasteiger partial charge is 0.496 e. The highest BCUT2D eigenvalue weighted by molar-refractivity contribution is 6.18. The van der Waals surface area contributed by atoms with Crippen molar-refractivity contribution in [2.45, 2.75) is 25.3 Å². The smallest absolute Gasteiger partial charge is 0.261 e. The summed E-state index contributed by atoms with van der Waals surface area (Å²) in [5.74, 6) is 1.15. The Kier molecular flexibility index (Phi) is 6.73. The number of ether oxygens (including phenoxy) is 2. The summed E-state index contributed by atoms with van der Waals surface area (Å²) in [6.45, 7) is 1.15. The molecule has 0 atom stereocenters. The Morgan fingerprint density at radius 1 is 1.21 bits per heavy atom. The quantitative estimate of drug-likeness (QED) is 0.794. The monoisotopic (exact) mass is 354 g/mol. The van der Waals surface area contributed by atoms with Crippen LogP contribution in [0, 0.1) is 0 Å². The van der Waals surface area contributed by atoms with E-state index in [1.54, 1.807) is 23.1 Å². The van der Waals surface area contributed by atoms with E-state index < -0.39 is 0 Å². The molecular formula is C17H23ClN2O4. The molecule has 0 unspecified atom stereocenters. The number of benzene rings is 1. The van der Waals surface area contributed by atoms with E-state index in [-0.39, 0.29) is 17.9 Å². The lowest BCUT2D eigenvalue weighted by molar-refractivity contribution is -0.121. The molecule has 132 valence electrons. The number of halogens is 1. The summed E-state index contributed by atoms with van der Waals surface area (Å²) in [5.41, 5.74) is 0.437. The highest BCUT2D eigenvalue weighted by Crippen LogP contribution is 2.30. The molecule has 1 aliphatic rings. The third kappa shape index (κ3) is 4.32. The van der Waals surface area contributed by atoms with Gasteiger partial charge in [0.25, 0.3) is 5.91 Å². The van der Waals surface area contributed by atoms with Gasteiger partial charge in [0.05, 0.1) is 14.2 Å². The second-order valence-electron chi connectivity index (χ2n) is 5.61. The third-order valence-electron chi connectivity index (χ3n) is 4.11. The summed E-state index contributed by atoms with van der Waals surface area (Å²) in [6.07, 6.45) is 1.76. The van der Waals surface area contributed by atoms with Gasteiger partial charge in [0.1, 0.15) is 17.1 Å². The van der Waals surface area contributed by atoms with Crippen LogP contribution in [-0.2, 0) is 4.79 Å². The van der Waals surface area contributed by atoms with Gasteiger partial charge in [0.15, 0.2) is 0 Å². The molecular weight excluding hydrogens is 332 g/mol. The van der Waals surface area contributed by atoms with Crippen molar-refractivity contribution >= 4 is 23.4 Å². The Morgan fingerprint density at radius 2 is 1.79 bits per heavy atom. The molecule has 1 N–H and O–H groups in total. The van der Waals surface area contributed by atoms with Crippen LogP contribution in [0.2, 0.25) is 0 Å². The lowest BCUT2D eigenvalue weighted by Gasteiger charge is -2.33. The van der Waals surface area contributed by atoms with Gasteiger partial charge in [-0.25, -0.2) is 0 Å². The molecule has 1 aromatic carbocycles. The summed E-state index contributed by atoms with van der Waals surface area (Å²) in [7, 11) is 3.06. The van der Waals surface area contributed by atoms with Crippen LogP contribution in [0.4, 0.5) is 0 Å². The van der Waals surface area contributed by atoms with Crippen molar-refractivity contribution in [3.63, 3.8) is 0 Å². The van der Waals surface area contributed by atoms with Crippen LogP contribution in [0.1, 0.15) is 29.6 Å². The second-order valence-corrected chi connectivity index (χ2v) is 5.99. The maximum absolute atomic E-state index is 12.9. The number of carbonyl (C=O) groups is 2. The lowest BCUT2D eigenvalue weighted by atomic mass is 10.0. The predicted octanol–water partition coefficient (Wildman–Crippen LogP) is 2.05. The van der Waals surface area contributed by atoms with Gasteiger partial charge in [-0.2, -0.15) is 0 Å². The van der Waals surface area contributed by atoms with Crippen LogP contribution < -0.4 is 14.8 Å². The minimum Gasteiger partial charge on any atom is -0.496 e. The number of amides is 2. The van der Waals surface area contributed by atoms with Crippen LogP contribution >= 0.6 is 11.6 Å². The molecule has 6 nitrogen and oxygen atoms in total. The van der Waals surface area contributed by atoms with Gasteiger partial charge in [0, 0.05) is 31.4 Å². The summed E-state index contributed by atoms with van der Waals surface area (Å²) in [6, 6.07) is 5.36. The summed E-state index contributed by atoms with van der Waals surface area (Å²) in [4.78, 5) is 26.2. The highest BCUT2D eigenvalue weighted by Gasteiger charge is 2.28. The van der Waals surface area contributed by atoms with E-state index in [0.717, 1.165) is 12.8 Å². The summed E-state index contributed by atoms with van der Waals surface area (Å²) < 4.78 is 10.6. The SMILES string of the molecule is COc1cccc(OC)c1C(=O)N1CCC(NC(=O)CCCl)CC1. The van der Waals surface area contributed by atoms with Gasteiger partial charge >= 0.3 is 0 Å². The number of likely N-dealkylation sites (tertiary alicyclic amines) is 1. The van der Waals surface area contributed by atoms with Crippen molar-refractivity contribution in [1.29, 1.82) is 0 Å². The minimum atomic E-state index is -0.116. The van der Waals surface area contributed by atoms with Crippen LogP contribution in [0.5, 0.6) is 11.5 Å². The molecule has 0 aliphatic carbocycles. The molecule has 1 heterocycles. The molecule has 0 saturated carbocycles. The normalized spacial score (nSPS) is 15.0. The molecule has 0 bridgehead atoms. The Balaban J connectivity index is 2.02. The predicted molar refractivity (Wildman–Crippen MR) is 92.0 cm³/mol. The molecule has 7 heteroatoms. The van der Waals surface area contributed by atoms with E-state index in [4.69, 9.17) is 21.1 Å². The number of alkyl halides is 1. The molecule has 1 aliphatic heterocycles. The van der Waals surface area contributed by atoms with E-state index in [9.17, 15) is 9.59 Å². The zero-order chi connectivity index (χ0) is 17.5. The zero-order valence-electron chi connectivity index (χ0n) is 14.0. The molecule has 1 saturated heterocycles. The van der Waals surface area contributed by atoms with E-state index >= 15 is 0 Å². The zero-order valence-corrected chi connectivity index (χ0v) is 14.8. The number of piperidine rings is 1. The first-order valence-corrected chi connectivity index (χ1v) is 8.49. The molecule has 1 aromatic rings. The van der Waals surface area contributed by atoms with E-state index in [1.165, 1.54) is 14.2 Å². The second kappa shape index (κ2) is 8.78. The van der Waals surface area contributed by atoms with Crippen molar-refractivity contribution in [2.75, 3.05) is 33.2 Å². The standard InChI is InChI=1S/C17H23ClN2O4/c1-23-13-4-3-5-14(24-2)16(13)17(22)20-10-7-12(8-11-20)19-15(21)6-9-18/h3-5,12H,6-11H2,1-2H3,(H,19,21). The Labute approximate surface area is 147 Å². The number of hydrogen-bond acceptors (Lipinski definition) is 4. The van der Waals surface area contributed by atoms with Crippen molar-refractivity contribution in [1.82, 2.24) is 10.2 Å². The van der Waals surface area contributed by atoms with Crippen LogP contribution in [-0.4, -0.2) is 55.9 Å². The van der Waals surface area contributed by atoms with Gasteiger partial charge < -0.3 is 19.7 Å². The Bertz CT molecular complexity index is 564. The number of nitrogens with one attached hydrogen (secondary N) is 1. The van der Waals surface area contributed by atoms with Crippen molar-refractivity contribution in [3.8, 4) is 11.5 Å². The highest BCUT2D eigenvalue weighted by atomic mass is 35.5. The first-order chi connectivity index (χ1) is 11.6. The van der Waals surface area contributed by atoms with Crippen molar-refractivity contribution in [3.05, 3.63) is 23.8 Å². The van der Waals surface area contributed by atoms with Crippen LogP contribution in [0.25, 0.3) is 0 Å². The average molecular weight is 355 g/mol. The number of methoxy groups -OCH3 is 2. The van der Waals surface area contributed by atoms with E-state index in [2.05, 4.69) is 5.32 Å². The fourth-order valence-electron chi connectivity index (χ4n) is 2.83. The Morgan fingerprint density at radius 3 is 2.29 bits per heavy atom. The van der Waals surface area contributed by atoms with Gasteiger partial charge in [-0.1, -0.05) is 6.07 Å². The first-order valence-electron chi connectivity index (χ1n) is 7.96. The lowest BCUT2D eigenvalue weighted by Crippen LogP contribution is -2.46. The van der Waals surface area contributed by atoms with E-state index in [0.29, 0.717) is 42.5 Å².